The summed E-state index contributed by atoms with van der Waals surface area (Å²) in [6.07, 6.45) is 1.24. The first-order valence-corrected chi connectivity index (χ1v) is 5.21. The smallest absolute Gasteiger partial charge is 0.0141 e. The fraction of sp³-hybridized carbons (Fsp3) is 0.538. The second kappa shape index (κ2) is 4.45. The van der Waals surface area contributed by atoms with E-state index in [4.69, 9.17) is 0 Å². The van der Waals surface area contributed by atoms with Crippen molar-refractivity contribution in [3.8, 4) is 0 Å². The first-order chi connectivity index (χ1) is 6.15. The normalized spacial score (nSPS) is 13.3. The lowest BCUT2D eigenvalue weighted by molar-refractivity contribution is 0.485. The maximum atomic E-state index is 2.31. The summed E-state index contributed by atoms with van der Waals surface area (Å²) < 4.78 is 0. The number of benzene rings is 1. The molecule has 0 saturated carbocycles. The first kappa shape index (κ1) is 10.3. The highest BCUT2D eigenvalue weighted by Gasteiger charge is 2.12. The van der Waals surface area contributed by atoms with Gasteiger partial charge in [0.1, 0.15) is 0 Å². The van der Waals surface area contributed by atoms with Gasteiger partial charge in [-0.1, -0.05) is 50.6 Å². The second-order valence-electron chi connectivity index (χ2n) is 4.17. The molecular weight excluding hydrogens is 156 g/mol. The molecule has 72 valence electrons. The minimum atomic E-state index is 0.722. The molecule has 0 bridgehead atoms. The van der Waals surface area contributed by atoms with E-state index in [-0.39, 0.29) is 0 Å². The number of aryl methyl sites for hydroxylation is 1. The Morgan fingerprint density at radius 1 is 1.23 bits per heavy atom. The van der Waals surface area contributed by atoms with Crippen LogP contribution in [-0.4, -0.2) is 0 Å². The molecule has 0 saturated heterocycles. The van der Waals surface area contributed by atoms with Crippen molar-refractivity contribution < 1.29 is 0 Å². The molecule has 1 aromatic rings. The summed E-state index contributed by atoms with van der Waals surface area (Å²) in [5.74, 6) is 1.46. The lowest BCUT2D eigenvalue weighted by Gasteiger charge is -2.19. The van der Waals surface area contributed by atoms with Crippen molar-refractivity contribution in [1.29, 1.82) is 0 Å². The molecule has 0 radical (unpaired) electrons. The average Bonchev–Trinajstić information content (AvgIpc) is 2.04. The van der Waals surface area contributed by atoms with Crippen LogP contribution in [-0.2, 0) is 0 Å². The summed E-state index contributed by atoms with van der Waals surface area (Å²) in [5.41, 5.74) is 2.87. The highest BCUT2D eigenvalue weighted by atomic mass is 14.2. The van der Waals surface area contributed by atoms with Crippen molar-refractivity contribution in [3.63, 3.8) is 0 Å². The van der Waals surface area contributed by atoms with E-state index < -0.39 is 0 Å². The molecule has 1 atom stereocenters. The summed E-state index contributed by atoms with van der Waals surface area (Å²) in [6.45, 7) is 9.04. The van der Waals surface area contributed by atoms with Gasteiger partial charge in [-0.05, 0) is 30.7 Å². The molecule has 0 aliphatic heterocycles. The molecule has 1 aromatic carbocycles. The Hall–Kier alpha value is -0.780. The molecular formula is C13H20. The van der Waals surface area contributed by atoms with E-state index in [1.807, 2.05) is 0 Å². The predicted molar refractivity (Wildman–Crippen MR) is 59.0 cm³/mol. The zero-order valence-corrected chi connectivity index (χ0v) is 9.17. The summed E-state index contributed by atoms with van der Waals surface area (Å²) in [6, 6.07) is 8.89. The standard InChI is InChI=1S/C13H20/c1-5-13(10(2)3)12-8-6-7-11(4)9-12/h6-10,13H,5H2,1-4H3/t13-/m0/s1. The predicted octanol–water partition coefficient (Wildman–Crippen LogP) is 4.14. The van der Waals surface area contributed by atoms with Crippen LogP contribution in [0.25, 0.3) is 0 Å². The van der Waals surface area contributed by atoms with Crippen LogP contribution in [0.1, 0.15) is 44.2 Å². The van der Waals surface area contributed by atoms with Crippen LogP contribution in [0.2, 0.25) is 0 Å². The van der Waals surface area contributed by atoms with Crippen molar-refractivity contribution >= 4 is 0 Å². The van der Waals surface area contributed by atoms with E-state index in [0.717, 1.165) is 11.8 Å². The van der Waals surface area contributed by atoms with Gasteiger partial charge in [0, 0.05) is 0 Å². The van der Waals surface area contributed by atoms with Crippen molar-refractivity contribution in [3.05, 3.63) is 35.4 Å². The zero-order chi connectivity index (χ0) is 9.84. The lowest BCUT2D eigenvalue weighted by Crippen LogP contribution is -2.05. The van der Waals surface area contributed by atoms with E-state index >= 15 is 0 Å². The van der Waals surface area contributed by atoms with Gasteiger partial charge in [-0.25, -0.2) is 0 Å². The lowest BCUT2D eigenvalue weighted by atomic mass is 9.86. The molecule has 1 rings (SSSR count). The third-order valence-electron chi connectivity index (χ3n) is 2.71. The van der Waals surface area contributed by atoms with Crippen molar-refractivity contribution in [2.75, 3.05) is 0 Å². The van der Waals surface area contributed by atoms with E-state index in [1.165, 1.54) is 17.5 Å². The Morgan fingerprint density at radius 2 is 1.92 bits per heavy atom. The average molecular weight is 176 g/mol. The summed E-state index contributed by atoms with van der Waals surface area (Å²) >= 11 is 0. The summed E-state index contributed by atoms with van der Waals surface area (Å²) in [4.78, 5) is 0. The van der Waals surface area contributed by atoms with Crippen LogP contribution in [0.15, 0.2) is 24.3 Å². The molecule has 0 fully saturated rings. The quantitative estimate of drug-likeness (QED) is 0.649. The molecule has 0 spiro atoms. The molecule has 0 heteroatoms. The Balaban J connectivity index is 2.91. The van der Waals surface area contributed by atoms with Gasteiger partial charge in [0.25, 0.3) is 0 Å². The number of hydrogen-bond donors (Lipinski definition) is 0. The van der Waals surface area contributed by atoms with Gasteiger partial charge in [-0.15, -0.1) is 0 Å². The zero-order valence-electron chi connectivity index (χ0n) is 9.17. The fourth-order valence-corrected chi connectivity index (χ4v) is 1.99. The Kier molecular flexibility index (Phi) is 3.53. The van der Waals surface area contributed by atoms with Gasteiger partial charge in [-0.2, -0.15) is 0 Å². The van der Waals surface area contributed by atoms with Crippen LogP contribution in [0.5, 0.6) is 0 Å². The van der Waals surface area contributed by atoms with E-state index in [2.05, 4.69) is 52.0 Å². The van der Waals surface area contributed by atoms with Gasteiger partial charge in [0.15, 0.2) is 0 Å². The van der Waals surface area contributed by atoms with E-state index in [1.54, 1.807) is 0 Å². The highest BCUT2D eigenvalue weighted by molar-refractivity contribution is 5.25. The SMILES string of the molecule is CC[C@H](c1cccc(C)c1)C(C)C. The molecule has 0 unspecified atom stereocenters. The molecule has 0 aliphatic carbocycles. The topological polar surface area (TPSA) is 0 Å². The third kappa shape index (κ3) is 2.58. The molecule has 13 heavy (non-hydrogen) atoms. The Bertz CT molecular complexity index is 260. The van der Waals surface area contributed by atoms with Crippen molar-refractivity contribution in [1.82, 2.24) is 0 Å². The minimum Gasteiger partial charge on any atom is -0.0648 e. The molecule has 0 amide bonds. The van der Waals surface area contributed by atoms with Gasteiger partial charge in [-0.3, -0.25) is 0 Å². The van der Waals surface area contributed by atoms with Gasteiger partial charge >= 0.3 is 0 Å². The van der Waals surface area contributed by atoms with Crippen molar-refractivity contribution in [2.45, 2.75) is 40.0 Å². The third-order valence-corrected chi connectivity index (χ3v) is 2.71. The summed E-state index contributed by atoms with van der Waals surface area (Å²) in [5, 5.41) is 0. The van der Waals surface area contributed by atoms with Gasteiger partial charge in [0.05, 0.1) is 0 Å². The number of hydrogen-bond acceptors (Lipinski definition) is 0. The van der Waals surface area contributed by atoms with Crippen LogP contribution in [0.3, 0.4) is 0 Å². The summed E-state index contributed by atoms with van der Waals surface area (Å²) in [7, 11) is 0. The van der Waals surface area contributed by atoms with Crippen molar-refractivity contribution in [2.24, 2.45) is 5.92 Å². The number of rotatable bonds is 3. The molecule has 0 heterocycles. The monoisotopic (exact) mass is 176 g/mol. The van der Waals surface area contributed by atoms with Crippen LogP contribution in [0.4, 0.5) is 0 Å². The Morgan fingerprint density at radius 3 is 2.38 bits per heavy atom. The van der Waals surface area contributed by atoms with Gasteiger partial charge in [0.2, 0.25) is 0 Å². The molecule has 0 aromatic heterocycles. The van der Waals surface area contributed by atoms with Crippen LogP contribution >= 0.6 is 0 Å². The first-order valence-electron chi connectivity index (χ1n) is 5.21. The van der Waals surface area contributed by atoms with Crippen LogP contribution in [0, 0.1) is 12.8 Å². The molecule has 0 aliphatic rings. The largest absolute Gasteiger partial charge is 0.0648 e. The Labute approximate surface area is 82.0 Å². The van der Waals surface area contributed by atoms with E-state index in [9.17, 15) is 0 Å². The van der Waals surface area contributed by atoms with Crippen LogP contribution < -0.4 is 0 Å². The highest BCUT2D eigenvalue weighted by Crippen LogP contribution is 2.27. The second-order valence-corrected chi connectivity index (χ2v) is 4.17. The minimum absolute atomic E-state index is 0.722. The maximum Gasteiger partial charge on any atom is -0.0141 e. The van der Waals surface area contributed by atoms with Gasteiger partial charge < -0.3 is 0 Å². The maximum absolute atomic E-state index is 2.31. The molecule has 0 N–H and O–H groups in total. The van der Waals surface area contributed by atoms with E-state index in [0.29, 0.717) is 0 Å². The fourth-order valence-electron chi connectivity index (χ4n) is 1.99. The molecule has 0 nitrogen and oxygen atoms in total.